The zero-order valence-electron chi connectivity index (χ0n) is 9.60. The molecule has 0 bridgehead atoms. The van der Waals surface area contributed by atoms with Crippen LogP contribution in [0.5, 0.6) is 0 Å². The minimum atomic E-state index is -3.57. The first kappa shape index (κ1) is 14.5. The van der Waals surface area contributed by atoms with Crippen LogP contribution in [0.1, 0.15) is 19.0 Å². The molecule has 0 aliphatic heterocycles. The normalized spacial score (nSPS) is 11.7. The Morgan fingerprint density at radius 3 is 2.65 bits per heavy atom. The van der Waals surface area contributed by atoms with Crippen molar-refractivity contribution in [3.8, 4) is 12.3 Å². The maximum atomic E-state index is 12.3. The maximum Gasteiger partial charge on any atom is 0.255 e. The van der Waals surface area contributed by atoms with Gasteiger partial charge in [-0.05, 0) is 13.3 Å². The number of aromatic nitrogens is 1. The maximum absolute atomic E-state index is 12.3. The largest absolute Gasteiger partial charge is 0.255 e. The number of thiazole rings is 1. The van der Waals surface area contributed by atoms with E-state index in [-0.39, 0.29) is 15.2 Å². The Labute approximate surface area is 111 Å². The van der Waals surface area contributed by atoms with E-state index < -0.39 is 10.0 Å². The summed E-state index contributed by atoms with van der Waals surface area (Å²) < 4.78 is 26.2. The van der Waals surface area contributed by atoms with E-state index in [0.717, 1.165) is 11.3 Å². The smallest absolute Gasteiger partial charge is 0.229 e. The van der Waals surface area contributed by atoms with Crippen molar-refractivity contribution in [2.45, 2.75) is 24.5 Å². The summed E-state index contributed by atoms with van der Waals surface area (Å²) in [4.78, 5) is 3.91. The summed E-state index contributed by atoms with van der Waals surface area (Å²) in [5.74, 6) is 2.35. The Hall–Kier alpha value is -0.610. The molecule has 17 heavy (non-hydrogen) atoms. The van der Waals surface area contributed by atoms with Crippen molar-refractivity contribution >= 4 is 33.0 Å². The van der Waals surface area contributed by atoms with Gasteiger partial charge in [0.15, 0.2) is 8.68 Å². The molecule has 1 aromatic rings. The highest BCUT2D eigenvalue weighted by atomic mass is 35.5. The first-order chi connectivity index (χ1) is 7.93. The van der Waals surface area contributed by atoms with Gasteiger partial charge in [0.25, 0.3) is 10.0 Å². The van der Waals surface area contributed by atoms with Crippen LogP contribution in [0.15, 0.2) is 4.21 Å². The molecule has 0 fully saturated rings. The van der Waals surface area contributed by atoms with Crippen molar-refractivity contribution in [1.29, 1.82) is 0 Å². The summed E-state index contributed by atoms with van der Waals surface area (Å²) >= 11 is 6.67. The van der Waals surface area contributed by atoms with Crippen molar-refractivity contribution in [1.82, 2.24) is 9.29 Å². The molecule has 4 nitrogen and oxygen atoms in total. The van der Waals surface area contributed by atoms with Gasteiger partial charge in [0, 0.05) is 6.54 Å². The number of hydrogen-bond donors (Lipinski definition) is 0. The van der Waals surface area contributed by atoms with E-state index in [1.807, 2.05) is 6.92 Å². The molecule has 0 amide bonds. The number of nitrogens with zero attached hydrogens (tertiary/aromatic N) is 2. The quantitative estimate of drug-likeness (QED) is 0.781. The van der Waals surface area contributed by atoms with E-state index in [1.165, 1.54) is 4.31 Å². The number of sulfonamides is 1. The lowest BCUT2D eigenvalue weighted by atomic mass is 10.5. The molecule has 0 aliphatic rings. The number of aryl methyl sites for hydroxylation is 1. The predicted molar refractivity (Wildman–Crippen MR) is 69.7 cm³/mol. The molecule has 1 rings (SSSR count). The van der Waals surface area contributed by atoms with Gasteiger partial charge < -0.3 is 0 Å². The van der Waals surface area contributed by atoms with Crippen LogP contribution < -0.4 is 0 Å². The summed E-state index contributed by atoms with van der Waals surface area (Å²) in [6.45, 7) is 3.97. The van der Waals surface area contributed by atoms with Crippen molar-refractivity contribution < 1.29 is 8.42 Å². The zero-order valence-corrected chi connectivity index (χ0v) is 12.0. The monoisotopic (exact) mass is 292 g/mol. The van der Waals surface area contributed by atoms with E-state index in [4.69, 9.17) is 18.0 Å². The third-order valence-corrected chi connectivity index (χ3v) is 5.74. The molecule has 0 saturated heterocycles. The number of halogens is 1. The second-order valence-corrected chi connectivity index (χ2v) is 7.10. The van der Waals surface area contributed by atoms with E-state index in [0.29, 0.717) is 18.7 Å². The highest BCUT2D eigenvalue weighted by Gasteiger charge is 2.27. The summed E-state index contributed by atoms with van der Waals surface area (Å²) in [6.07, 6.45) is 5.88. The molecular formula is C10H13ClN2O2S2. The van der Waals surface area contributed by atoms with E-state index in [1.54, 1.807) is 6.92 Å². The van der Waals surface area contributed by atoms with Crippen molar-refractivity contribution in [3.05, 3.63) is 10.2 Å². The van der Waals surface area contributed by atoms with Crippen LogP contribution in [0.2, 0.25) is 4.47 Å². The Morgan fingerprint density at radius 2 is 2.24 bits per heavy atom. The first-order valence-corrected chi connectivity index (χ1v) is 7.63. The molecule has 0 radical (unpaired) electrons. The van der Waals surface area contributed by atoms with Crippen molar-refractivity contribution in [3.63, 3.8) is 0 Å². The molecule has 0 aromatic carbocycles. The minimum absolute atomic E-state index is 0.0606. The van der Waals surface area contributed by atoms with Crippen molar-refractivity contribution in [2.75, 3.05) is 13.1 Å². The van der Waals surface area contributed by atoms with Crippen LogP contribution in [0.25, 0.3) is 0 Å². The van der Waals surface area contributed by atoms with Crippen LogP contribution >= 0.6 is 22.9 Å². The molecular weight excluding hydrogens is 280 g/mol. The average molecular weight is 293 g/mol. The lowest BCUT2D eigenvalue weighted by Gasteiger charge is -2.18. The number of hydrogen-bond acceptors (Lipinski definition) is 4. The minimum Gasteiger partial charge on any atom is -0.229 e. The van der Waals surface area contributed by atoms with Crippen LogP contribution in [-0.4, -0.2) is 30.8 Å². The van der Waals surface area contributed by atoms with Crippen LogP contribution in [-0.2, 0) is 10.0 Å². The van der Waals surface area contributed by atoms with Gasteiger partial charge in [-0.1, -0.05) is 35.8 Å². The van der Waals surface area contributed by atoms with E-state index in [2.05, 4.69) is 10.9 Å². The summed E-state index contributed by atoms with van der Waals surface area (Å²) in [5.41, 5.74) is 0.415. The second-order valence-electron chi connectivity index (χ2n) is 3.38. The van der Waals surface area contributed by atoms with Crippen LogP contribution in [0.4, 0.5) is 0 Å². The van der Waals surface area contributed by atoms with Gasteiger partial charge >= 0.3 is 0 Å². The fraction of sp³-hybridized carbons (Fsp3) is 0.500. The molecule has 0 spiro atoms. The Kier molecular flexibility index (Phi) is 4.95. The highest BCUT2D eigenvalue weighted by molar-refractivity contribution is 7.91. The van der Waals surface area contributed by atoms with Gasteiger partial charge in [-0.25, -0.2) is 13.4 Å². The van der Waals surface area contributed by atoms with Gasteiger partial charge in [-0.15, -0.1) is 6.42 Å². The average Bonchev–Trinajstić information content (AvgIpc) is 2.58. The molecule has 0 saturated carbocycles. The van der Waals surface area contributed by atoms with E-state index >= 15 is 0 Å². The third kappa shape index (κ3) is 3.19. The lowest BCUT2D eigenvalue weighted by Crippen LogP contribution is -2.32. The molecule has 94 valence electrons. The molecule has 0 aliphatic carbocycles. The standard InChI is InChI=1S/C10H13ClN2O2S2/c1-4-6-13(7-5-2)17(14,15)9-8(3)12-10(11)16-9/h1H,5-7H2,2-3H3. The first-order valence-electron chi connectivity index (χ1n) is 5.00. The predicted octanol–water partition coefficient (Wildman–Crippen LogP) is 2.14. The molecule has 1 aromatic heterocycles. The van der Waals surface area contributed by atoms with Crippen LogP contribution in [0, 0.1) is 19.3 Å². The molecule has 7 heteroatoms. The van der Waals surface area contributed by atoms with Gasteiger partial charge in [0.2, 0.25) is 0 Å². The SMILES string of the molecule is C#CCN(CCC)S(=O)(=O)c1sc(Cl)nc1C. The Balaban J connectivity index is 3.17. The third-order valence-electron chi connectivity index (χ3n) is 2.04. The van der Waals surface area contributed by atoms with Gasteiger partial charge in [0.05, 0.1) is 12.2 Å². The fourth-order valence-corrected chi connectivity index (χ4v) is 4.66. The van der Waals surface area contributed by atoms with Gasteiger partial charge in [0.1, 0.15) is 0 Å². The topological polar surface area (TPSA) is 50.3 Å². The Bertz CT molecular complexity index is 531. The zero-order chi connectivity index (χ0) is 13.1. The Morgan fingerprint density at radius 1 is 1.59 bits per heavy atom. The molecule has 0 N–H and O–H groups in total. The van der Waals surface area contributed by atoms with Gasteiger partial charge in [-0.3, -0.25) is 0 Å². The number of rotatable bonds is 5. The molecule has 0 unspecified atom stereocenters. The summed E-state index contributed by atoms with van der Waals surface area (Å²) in [5, 5.41) is 0. The molecule has 0 atom stereocenters. The van der Waals surface area contributed by atoms with Gasteiger partial charge in [-0.2, -0.15) is 4.31 Å². The van der Waals surface area contributed by atoms with E-state index in [9.17, 15) is 8.42 Å². The summed E-state index contributed by atoms with van der Waals surface area (Å²) in [6, 6.07) is 0. The molecule has 1 heterocycles. The fourth-order valence-electron chi connectivity index (χ4n) is 1.34. The summed E-state index contributed by atoms with van der Waals surface area (Å²) in [7, 11) is -3.57. The number of terminal acetylenes is 1. The lowest BCUT2D eigenvalue weighted by molar-refractivity contribution is 0.446. The van der Waals surface area contributed by atoms with Crippen LogP contribution in [0.3, 0.4) is 0 Å². The van der Waals surface area contributed by atoms with Crippen molar-refractivity contribution in [2.24, 2.45) is 0 Å². The second kappa shape index (κ2) is 5.83. The highest BCUT2D eigenvalue weighted by Crippen LogP contribution is 2.29.